The van der Waals surface area contributed by atoms with E-state index in [2.05, 4.69) is 6.92 Å². The highest BCUT2D eigenvalue weighted by Gasteiger charge is 2.58. The predicted molar refractivity (Wildman–Crippen MR) is 54.2 cm³/mol. The summed E-state index contributed by atoms with van der Waals surface area (Å²) in [6.07, 6.45) is 0.374. The van der Waals surface area contributed by atoms with Gasteiger partial charge in [-0.15, -0.1) is 0 Å². The molecule has 2 rings (SSSR count). The molecule has 2 fully saturated rings. The fourth-order valence-corrected chi connectivity index (χ4v) is 2.52. The molecular formula is C11H20O4. The topological polar surface area (TPSA) is 47.9 Å². The van der Waals surface area contributed by atoms with Crippen molar-refractivity contribution in [1.82, 2.24) is 0 Å². The lowest BCUT2D eigenvalue weighted by Crippen LogP contribution is -2.42. The van der Waals surface area contributed by atoms with E-state index in [1.165, 1.54) is 0 Å². The summed E-state index contributed by atoms with van der Waals surface area (Å²) >= 11 is 0. The molecule has 0 aromatic heterocycles. The quantitative estimate of drug-likeness (QED) is 0.755. The minimum Gasteiger partial charge on any atom is -0.393 e. The van der Waals surface area contributed by atoms with E-state index in [1.54, 1.807) is 0 Å². The Kier molecular flexibility index (Phi) is 2.58. The lowest BCUT2D eigenvalue weighted by Gasteiger charge is -2.32. The highest BCUT2D eigenvalue weighted by Crippen LogP contribution is 2.46. The van der Waals surface area contributed by atoms with E-state index in [0.717, 1.165) is 6.42 Å². The molecule has 2 aliphatic heterocycles. The van der Waals surface area contributed by atoms with E-state index in [1.807, 2.05) is 20.8 Å². The van der Waals surface area contributed by atoms with Crippen molar-refractivity contribution in [2.45, 2.75) is 57.9 Å². The summed E-state index contributed by atoms with van der Waals surface area (Å²) in [5.41, 5.74) is -0.494. The van der Waals surface area contributed by atoms with Crippen molar-refractivity contribution in [3.63, 3.8) is 0 Å². The summed E-state index contributed by atoms with van der Waals surface area (Å²) in [6, 6.07) is 0. The number of rotatable bonds is 2. The van der Waals surface area contributed by atoms with Crippen molar-refractivity contribution in [3.8, 4) is 0 Å². The molecular weight excluding hydrogens is 196 g/mol. The van der Waals surface area contributed by atoms with E-state index >= 15 is 0 Å². The van der Waals surface area contributed by atoms with Crippen LogP contribution in [0.5, 0.6) is 0 Å². The lowest BCUT2D eigenvalue weighted by molar-refractivity contribution is -0.238. The van der Waals surface area contributed by atoms with E-state index in [9.17, 15) is 5.11 Å². The van der Waals surface area contributed by atoms with Gasteiger partial charge in [0, 0.05) is 5.92 Å². The van der Waals surface area contributed by atoms with Crippen molar-refractivity contribution in [3.05, 3.63) is 0 Å². The van der Waals surface area contributed by atoms with Gasteiger partial charge >= 0.3 is 0 Å². The molecule has 15 heavy (non-hydrogen) atoms. The molecule has 0 amide bonds. The number of hydrogen-bond donors (Lipinski definition) is 1. The molecule has 0 aliphatic carbocycles. The molecule has 2 aliphatic rings. The molecule has 88 valence electrons. The molecule has 2 saturated heterocycles. The first-order valence-corrected chi connectivity index (χ1v) is 5.58. The number of hydrogen-bond acceptors (Lipinski definition) is 4. The van der Waals surface area contributed by atoms with Crippen molar-refractivity contribution in [2.75, 3.05) is 6.61 Å². The van der Waals surface area contributed by atoms with Crippen LogP contribution in [0.2, 0.25) is 0 Å². The highest BCUT2D eigenvalue weighted by atomic mass is 16.8. The molecule has 4 nitrogen and oxygen atoms in total. The summed E-state index contributed by atoms with van der Waals surface area (Å²) in [6.45, 7) is 7.85. The van der Waals surface area contributed by atoms with Crippen molar-refractivity contribution >= 4 is 0 Å². The zero-order chi connectivity index (χ0) is 11.3. The minimum atomic E-state index is -0.570. The highest BCUT2D eigenvalue weighted by molar-refractivity contribution is 4.99. The average molecular weight is 216 g/mol. The van der Waals surface area contributed by atoms with Gasteiger partial charge in [-0.25, -0.2) is 0 Å². The van der Waals surface area contributed by atoms with Crippen LogP contribution < -0.4 is 0 Å². The molecule has 0 bridgehead atoms. The zero-order valence-corrected chi connectivity index (χ0v) is 9.82. The monoisotopic (exact) mass is 216 g/mol. The van der Waals surface area contributed by atoms with E-state index in [-0.39, 0.29) is 24.9 Å². The van der Waals surface area contributed by atoms with Crippen LogP contribution in [0.25, 0.3) is 0 Å². The molecule has 0 radical (unpaired) electrons. The zero-order valence-electron chi connectivity index (χ0n) is 9.82. The van der Waals surface area contributed by atoms with Gasteiger partial charge in [0.1, 0.15) is 6.10 Å². The van der Waals surface area contributed by atoms with Crippen LogP contribution in [0.3, 0.4) is 0 Å². The summed E-state index contributed by atoms with van der Waals surface area (Å²) in [7, 11) is 0. The van der Waals surface area contributed by atoms with Crippen LogP contribution in [-0.4, -0.2) is 35.5 Å². The molecule has 0 spiro atoms. The van der Waals surface area contributed by atoms with Gasteiger partial charge in [0.15, 0.2) is 12.1 Å². The third-order valence-electron chi connectivity index (χ3n) is 3.63. The first-order chi connectivity index (χ1) is 6.94. The van der Waals surface area contributed by atoms with Crippen LogP contribution in [0.15, 0.2) is 0 Å². The Morgan fingerprint density at radius 1 is 1.20 bits per heavy atom. The summed E-state index contributed by atoms with van der Waals surface area (Å²) in [5.74, 6) is -0.418. The summed E-state index contributed by atoms with van der Waals surface area (Å²) in [5, 5.41) is 9.44. The second kappa shape index (κ2) is 3.42. The maximum absolute atomic E-state index is 9.44. The Hall–Kier alpha value is -0.160. The Morgan fingerprint density at radius 3 is 2.33 bits per heavy atom. The fourth-order valence-electron chi connectivity index (χ4n) is 2.52. The maximum Gasteiger partial charge on any atom is 0.188 e. The van der Waals surface area contributed by atoms with E-state index in [4.69, 9.17) is 14.2 Å². The van der Waals surface area contributed by atoms with E-state index in [0.29, 0.717) is 0 Å². The van der Waals surface area contributed by atoms with Gasteiger partial charge in [0.2, 0.25) is 0 Å². The van der Waals surface area contributed by atoms with Crippen LogP contribution in [-0.2, 0) is 14.2 Å². The molecule has 2 unspecified atom stereocenters. The Morgan fingerprint density at radius 2 is 1.87 bits per heavy atom. The molecule has 4 heteroatoms. The SMILES string of the molecule is CC[C@@]1(CO)O[C@H]2OC(C)(C)OC2C1C. The smallest absolute Gasteiger partial charge is 0.188 e. The molecule has 0 aromatic rings. The molecule has 2 heterocycles. The van der Waals surface area contributed by atoms with Crippen molar-refractivity contribution < 1.29 is 19.3 Å². The van der Waals surface area contributed by atoms with Gasteiger partial charge in [-0.05, 0) is 20.3 Å². The number of ether oxygens (including phenoxy) is 3. The third kappa shape index (κ3) is 1.60. The predicted octanol–water partition coefficient (Wildman–Crippen LogP) is 1.27. The van der Waals surface area contributed by atoms with Gasteiger partial charge in [-0.3, -0.25) is 0 Å². The summed E-state index contributed by atoms with van der Waals surface area (Å²) < 4.78 is 17.3. The van der Waals surface area contributed by atoms with Gasteiger partial charge in [-0.2, -0.15) is 0 Å². The molecule has 0 aromatic carbocycles. The van der Waals surface area contributed by atoms with Gasteiger partial charge < -0.3 is 19.3 Å². The second-order valence-corrected chi connectivity index (χ2v) is 4.95. The van der Waals surface area contributed by atoms with Crippen molar-refractivity contribution in [1.29, 1.82) is 0 Å². The number of aliphatic hydroxyl groups excluding tert-OH is 1. The van der Waals surface area contributed by atoms with Crippen LogP contribution >= 0.6 is 0 Å². The normalized spacial score (nSPS) is 48.2. The Labute approximate surface area is 90.5 Å². The van der Waals surface area contributed by atoms with Crippen LogP contribution in [0.4, 0.5) is 0 Å². The largest absolute Gasteiger partial charge is 0.393 e. The standard InChI is InChI=1S/C11H20O4/c1-5-11(6-12)7(2)8-9(15-11)14-10(3,4)13-8/h7-9,12H,5-6H2,1-4H3/t7?,8?,9-,11+/m1/s1. The fraction of sp³-hybridized carbons (Fsp3) is 1.00. The average Bonchev–Trinajstić information content (AvgIpc) is 2.59. The van der Waals surface area contributed by atoms with Crippen LogP contribution in [0, 0.1) is 5.92 Å². The second-order valence-electron chi connectivity index (χ2n) is 4.95. The van der Waals surface area contributed by atoms with Gasteiger partial charge in [0.25, 0.3) is 0 Å². The van der Waals surface area contributed by atoms with Gasteiger partial charge in [-0.1, -0.05) is 13.8 Å². The number of aliphatic hydroxyl groups is 1. The third-order valence-corrected chi connectivity index (χ3v) is 3.63. The molecule has 4 atom stereocenters. The Balaban J connectivity index is 2.17. The van der Waals surface area contributed by atoms with Gasteiger partial charge in [0.05, 0.1) is 12.2 Å². The first-order valence-electron chi connectivity index (χ1n) is 5.58. The molecule has 0 saturated carbocycles. The lowest BCUT2D eigenvalue weighted by atomic mass is 9.86. The van der Waals surface area contributed by atoms with E-state index < -0.39 is 11.4 Å². The Bertz CT molecular complexity index is 247. The van der Waals surface area contributed by atoms with Crippen molar-refractivity contribution in [2.24, 2.45) is 5.92 Å². The number of fused-ring (bicyclic) bond motifs is 1. The maximum atomic E-state index is 9.44. The minimum absolute atomic E-state index is 0.0187. The summed E-state index contributed by atoms with van der Waals surface area (Å²) in [4.78, 5) is 0. The molecule has 1 N–H and O–H groups in total. The first kappa shape index (κ1) is 11.3. The van der Waals surface area contributed by atoms with Crippen LogP contribution in [0.1, 0.15) is 34.1 Å².